The van der Waals surface area contributed by atoms with Crippen LogP contribution in [0.5, 0.6) is 11.5 Å². The molecule has 1 fully saturated rings. The third kappa shape index (κ3) is 4.79. The molecule has 0 bridgehead atoms. The van der Waals surface area contributed by atoms with Crippen molar-refractivity contribution in [3.8, 4) is 11.5 Å². The van der Waals surface area contributed by atoms with E-state index in [0.717, 1.165) is 31.5 Å². The molecule has 21 heavy (non-hydrogen) atoms. The second kappa shape index (κ2) is 8.74. The first-order valence-electron chi connectivity index (χ1n) is 6.94. The Bertz CT molecular complexity index is 440. The average molecular weight is 315 g/mol. The first-order valence-corrected chi connectivity index (χ1v) is 6.94. The van der Waals surface area contributed by atoms with Gasteiger partial charge in [-0.25, -0.2) is 0 Å². The van der Waals surface area contributed by atoms with Crippen molar-refractivity contribution < 1.29 is 14.3 Å². The van der Waals surface area contributed by atoms with Gasteiger partial charge in [-0.15, -0.1) is 12.4 Å². The zero-order chi connectivity index (χ0) is 14.4. The summed E-state index contributed by atoms with van der Waals surface area (Å²) in [7, 11) is 3.20. The fourth-order valence-electron chi connectivity index (χ4n) is 2.51. The number of hydrogen-bond acceptors (Lipinski definition) is 4. The molecule has 1 saturated heterocycles. The molecule has 1 aromatic carbocycles. The molecule has 5 nitrogen and oxygen atoms in total. The fraction of sp³-hybridized carbons (Fsp3) is 0.533. The minimum atomic E-state index is 0. The number of amides is 1. The molecule has 1 amide bonds. The summed E-state index contributed by atoms with van der Waals surface area (Å²) in [6, 6.07) is 5.81. The summed E-state index contributed by atoms with van der Waals surface area (Å²) in [5.74, 6) is 1.38. The molecule has 1 aromatic rings. The zero-order valence-corrected chi connectivity index (χ0v) is 13.3. The molecule has 1 aliphatic heterocycles. The van der Waals surface area contributed by atoms with Crippen molar-refractivity contribution in [3.05, 3.63) is 23.8 Å². The molecule has 0 aromatic heterocycles. The molecular formula is C15H23ClN2O3. The van der Waals surface area contributed by atoms with Gasteiger partial charge in [-0.2, -0.15) is 0 Å². The molecule has 2 N–H and O–H groups in total. The summed E-state index contributed by atoms with van der Waals surface area (Å²) >= 11 is 0. The van der Waals surface area contributed by atoms with Crippen molar-refractivity contribution in [2.24, 2.45) is 0 Å². The molecule has 0 aliphatic carbocycles. The standard InChI is InChI=1S/C15H22N2O3.ClH/c1-19-13-4-3-5-14(20-2)12(13)10-15(18)17-11-6-8-16-9-7-11;/h3-5,11,16H,6-10H2,1-2H3,(H,17,18);1H. The van der Waals surface area contributed by atoms with Crippen molar-refractivity contribution in [1.82, 2.24) is 10.6 Å². The van der Waals surface area contributed by atoms with E-state index in [1.807, 2.05) is 18.2 Å². The van der Waals surface area contributed by atoms with E-state index in [2.05, 4.69) is 10.6 Å². The van der Waals surface area contributed by atoms with E-state index in [0.29, 0.717) is 11.5 Å². The lowest BCUT2D eigenvalue weighted by Gasteiger charge is -2.24. The van der Waals surface area contributed by atoms with Crippen LogP contribution in [0.15, 0.2) is 18.2 Å². The van der Waals surface area contributed by atoms with Crippen LogP contribution >= 0.6 is 12.4 Å². The van der Waals surface area contributed by atoms with E-state index in [9.17, 15) is 4.79 Å². The van der Waals surface area contributed by atoms with Gasteiger partial charge in [-0.3, -0.25) is 4.79 Å². The first kappa shape index (κ1) is 17.6. The van der Waals surface area contributed by atoms with Gasteiger partial charge < -0.3 is 20.1 Å². The van der Waals surface area contributed by atoms with Crippen molar-refractivity contribution >= 4 is 18.3 Å². The lowest BCUT2D eigenvalue weighted by atomic mass is 10.1. The van der Waals surface area contributed by atoms with Crippen LogP contribution in [-0.4, -0.2) is 39.3 Å². The van der Waals surface area contributed by atoms with Crippen molar-refractivity contribution in [2.45, 2.75) is 25.3 Å². The lowest BCUT2D eigenvalue weighted by molar-refractivity contribution is -0.121. The molecule has 0 unspecified atom stereocenters. The molecule has 1 heterocycles. The maximum Gasteiger partial charge on any atom is 0.224 e. The van der Waals surface area contributed by atoms with Crippen molar-refractivity contribution in [1.29, 1.82) is 0 Å². The van der Waals surface area contributed by atoms with E-state index in [1.165, 1.54) is 0 Å². The molecule has 0 radical (unpaired) electrons. The highest BCUT2D eigenvalue weighted by Crippen LogP contribution is 2.28. The van der Waals surface area contributed by atoms with Crippen LogP contribution in [0.4, 0.5) is 0 Å². The van der Waals surface area contributed by atoms with Gasteiger partial charge in [-0.1, -0.05) is 6.07 Å². The fourth-order valence-corrected chi connectivity index (χ4v) is 2.51. The van der Waals surface area contributed by atoms with Gasteiger partial charge in [-0.05, 0) is 38.1 Å². The summed E-state index contributed by atoms with van der Waals surface area (Å²) in [4.78, 5) is 12.2. The molecule has 0 atom stereocenters. The number of piperidine rings is 1. The molecule has 2 rings (SSSR count). The van der Waals surface area contributed by atoms with Crippen LogP contribution in [-0.2, 0) is 11.2 Å². The van der Waals surface area contributed by atoms with Crippen molar-refractivity contribution in [2.75, 3.05) is 27.3 Å². The number of benzene rings is 1. The number of ether oxygens (including phenoxy) is 2. The summed E-state index contributed by atoms with van der Waals surface area (Å²) in [6.07, 6.45) is 2.24. The molecule has 0 saturated carbocycles. The van der Waals surface area contributed by atoms with E-state index >= 15 is 0 Å². The number of rotatable bonds is 5. The van der Waals surface area contributed by atoms with Gasteiger partial charge in [0.15, 0.2) is 0 Å². The van der Waals surface area contributed by atoms with Crippen LogP contribution in [0.25, 0.3) is 0 Å². The second-order valence-electron chi connectivity index (χ2n) is 4.91. The van der Waals surface area contributed by atoms with Crippen LogP contribution < -0.4 is 20.1 Å². The Morgan fingerprint density at radius 2 is 1.81 bits per heavy atom. The SMILES string of the molecule is COc1cccc(OC)c1CC(=O)NC1CCNCC1.Cl. The van der Waals surface area contributed by atoms with Gasteiger partial charge in [0, 0.05) is 11.6 Å². The third-order valence-corrected chi connectivity index (χ3v) is 3.57. The molecule has 0 spiro atoms. The highest BCUT2D eigenvalue weighted by molar-refractivity contribution is 5.85. The number of halogens is 1. The smallest absolute Gasteiger partial charge is 0.224 e. The molecule has 118 valence electrons. The Balaban J connectivity index is 0.00000220. The lowest BCUT2D eigenvalue weighted by Crippen LogP contribution is -2.43. The van der Waals surface area contributed by atoms with Crippen molar-refractivity contribution in [3.63, 3.8) is 0 Å². The summed E-state index contributed by atoms with van der Waals surface area (Å²) in [5, 5.41) is 6.36. The maximum atomic E-state index is 12.2. The van der Waals surface area contributed by atoms with E-state index < -0.39 is 0 Å². The van der Waals surface area contributed by atoms with Gasteiger partial charge in [0.05, 0.1) is 20.6 Å². The maximum absolute atomic E-state index is 12.2. The normalized spacial score (nSPS) is 15.0. The quantitative estimate of drug-likeness (QED) is 0.865. The van der Waals surface area contributed by atoms with E-state index in [-0.39, 0.29) is 30.8 Å². The molecular weight excluding hydrogens is 292 g/mol. The van der Waals surface area contributed by atoms with Gasteiger partial charge >= 0.3 is 0 Å². The summed E-state index contributed by atoms with van der Waals surface area (Å²) < 4.78 is 10.6. The topological polar surface area (TPSA) is 59.6 Å². The number of methoxy groups -OCH3 is 2. The monoisotopic (exact) mass is 314 g/mol. The predicted octanol–water partition coefficient (Wildman–Crippen LogP) is 1.54. The number of carbonyl (C=O) groups is 1. The second-order valence-corrected chi connectivity index (χ2v) is 4.91. The number of hydrogen-bond donors (Lipinski definition) is 2. The minimum absolute atomic E-state index is 0. The molecule has 6 heteroatoms. The van der Waals surface area contributed by atoms with Crippen LogP contribution in [0.1, 0.15) is 18.4 Å². The van der Waals surface area contributed by atoms with Crippen LogP contribution in [0.3, 0.4) is 0 Å². The number of carbonyl (C=O) groups excluding carboxylic acids is 1. The highest BCUT2D eigenvalue weighted by Gasteiger charge is 2.18. The third-order valence-electron chi connectivity index (χ3n) is 3.57. The predicted molar refractivity (Wildman–Crippen MR) is 84.5 cm³/mol. The minimum Gasteiger partial charge on any atom is -0.496 e. The average Bonchev–Trinajstić information content (AvgIpc) is 2.48. The highest BCUT2D eigenvalue weighted by atomic mass is 35.5. The Kier molecular flexibility index (Phi) is 7.32. The Labute approximate surface area is 131 Å². The zero-order valence-electron chi connectivity index (χ0n) is 12.5. The Morgan fingerprint density at radius 3 is 2.33 bits per heavy atom. The Morgan fingerprint density at radius 1 is 1.24 bits per heavy atom. The van der Waals surface area contributed by atoms with Gasteiger partial charge in [0.1, 0.15) is 11.5 Å². The van der Waals surface area contributed by atoms with Crippen LogP contribution in [0.2, 0.25) is 0 Å². The largest absolute Gasteiger partial charge is 0.496 e. The van der Waals surface area contributed by atoms with Crippen LogP contribution in [0, 0.1) is 0 Å². The first-order chi connectivity index (χ1) is 9.74. The van der Waals surface area contributed by atoms with Gasteiger partial charge in [0.25, 0.3) is 0 Å². The summed E-state index contributed by atoms with van der Waals surface area (Å²) in [6.45, 7) is 1.92. The Hall–Kier alpha value is -1.46. The van der Waals surface area contributed by atoms with E-state index in [1.54, 1.807) is 14.2 Å². The van der Waals surface area contributed by atoms with E-state index in [4.69, 9.17) is 9.47 Å². The molecule has 1 aliphatic rings. The van der Waals surface area contributed by atoms with Gasteiger partial charge in [0.2, 0.25) is 5.91 Å². The number of nitrogens with one attached hydrogen (secondary N) is 2. The summed E-state index contributed by atoms with van der Waals surface area (Å²) in [5.41, 5.74) is 0.795.